The van der Waals surface area contributed by atoms with Gasteiger partial charge in [-0.2, -0.15) is 4.99 Å². The second-order valence-electron chi connectivity index (χ2n) is 4.85. The van der Waals surface area contributed by atoms with Crippen molar-refractivity contribution in [1.29, 1.82) is 0 Å². The van der Waals surface area contributed by atoms with Crippen LogP contribution in [0, 0.1) is 5.82 Å². The number of carbonyl (C=O) groups excluding carboxylic acids is 1. The van der Waals surface area contributed by atoms with Gasteiger partial charge in [-0.1, -0.05) is 19.1 Å². The zero-order chi connectivity index (χ0) is 17.1. The summed E-state index contributed by atoms with van der Waals surface area (Å²) in [6.07, 6.45) is 1.63. The zero-order valence-electron chi connectivity index (χ0n) is 12.9. The number of aryl methyl sites for hydroxylation is 1. The molecule has 2 aromatic rings. The number of halogens is 1. The first-order valence-electron chi connectivity index (χ1n) is 6.89. The van der Waals surface area contributed by atoms with Crippen LogP contribution in [0.4, 0.5) is 4.39 Å². The van der Waals surface area contributed by atoms with E-state index in [9.17, 15) is 18.5 Å². The molecule has 6 nitrogen and oxygen atoms in total. The number of nitrogens with zero attached hydrogens (tertiary/aromatic N) is 3. The molecule has 23 heavy (non-hydrogen) atoms. The molecule has 1 aromatic heterocycles. The minimum Gasteiger partial charge on any atom is -0.587 e. The lowest BCUT2D eigenvalue weighted by molar-refractivity contribution is -0.116. The standard InChI is InChI=1S/C15H16FN3O3S/c1-4-11-5-7-12(8-6-11)23(22)19-9-13(16)14(17-10(2)20)18(3)15(19)21/h5-9H,4H2,1-3H3/b17-14+. The van der Waals surface area contributed by atoms with Gasteiger partial charge in [-0.15, -0.1) is 3.97 Å². The predicted octanol–water partition coefficient (Wildman–Crippen LogP) is 0.906. The summed E-state index contributed by atoms with van der Waals surface area (Å²) in [5.74, 6) is -1.53. The Kier molecular flexibility index (Phi) is 5.17. The average Bonchev–Trinajstić information content (AvgIpc) is 2.54. The van der Waals surface area contributed by atoms with Crippen LogP contribution in [-0.4, -0.2) is 19.0 Å². The minimum atomic E-state index is -1.89. The van der Waals surface area contributed by atoms with Gasteiger partial charge in [0.25, 0.3) is 0 Å². The Balaban J connectivity index is 2.55. The van der Waals surface area contributed by atoms with E-state index in [-0.39, 0.29) is 0 Å². The van der Waals surface area contributed by atoms with Crippen LogP contribution in [0.15, 0.2) is 45.1 Å². The summed E-state index contributed by atoms with van der Waals surface area (Å²) < 4.78 is 28.2. The second-order valence-corrected chi connectivity index (χ2v) is 6.21. The van der Waals surface area contributed by atoms with Crippen molar-refractivity contribution in [2.24, 2.45) is 12.0 Å². The van der Waals surface area contributed by atoms with E-state index < -0.39 is 34.3 Å². The van der Waals surface area contributed by atoms with Crippen LogP contribution >= 0.6 is 0 Å². The van der Waals surface area contributed by atoms with Crippen LogP contribution in [-0.2, 0) is 29.6 Å². The average molecular weight is 337 g/mol. The molecule has 1 atom stereocenters. The molecule has 0 aliphatic heterocycles. The Morgan fingerprint density at radius 1 is 1.35 bits per heavy atom. The van der Waals surface area contributed by atoms with Crippen LogP contribution in [0.5, 0.6) is 0 Å². The third kappa shape index (κ3) is 3.59. The Morgan fingerprint density at radius 3 is 2.48 bits per heavy atom. The van der Waals surface area contributed by atoms with Gasteiger partial charge in [0.1, 0.15) is 17.6 Å². The van der Waals surface area contributed by atoms with Crippen molar-refractivity contribution in [1.82, 2.24) is 8.54 Å². The molecule has 0 saturated heterocycles. The van der Waals surface area contributed by atoms with E-state index in [1.54, 1.807) is 24.3 Å². The van der Waals surface area contributed by atoms with Gasteiger partial charge in [0.15, 0.2) is 16.2 Å². The topological polar surface area (TPSA) is 79.4 Å². The maximum absolute atomic E-state index is 14.1. The third-order valence-corrected chi connectivity index (χ3v) is 4.51. The number of hydrogen-bond acceptors (Lipinski definition) is 3. The lowest BCUT2D eigenvalue weighted by Gasteiger charge is -2.13. The predicted molar refractivity (Wildman–Crippen MR) is 83.5 cm³/mol. The molecule has 122 valence electrons. The van der Waals surface area contributed by atoms with E-state index in [0.717, 1.165) is 33.6 Å². The van der Waals surface area contributed by atoms with E-state index in [2.05, 4.69) is 4.99 Å². The molecular formula is C15H16FN3O3S. The summed E-state index contributed by atoms with van der Waals surface area (Å²) >= 11 is -1.89. The van der Waals surface area contributed by atoms with Crippen molar-refractivity contribution >= 4 is 17.3 Å². The number of carbonyl (C=O) groups is 1. The molecule has 0 aliphatic carbocycles. The van der Waals surface area contributed by atoms with Gasteiger partial charge in [0, 0.05) is 14.0 Å². The largest absolute Gasteiger partial charge is 0.587 e. The summed E-state index contributed by atoms with van der Waals surface area (Å²) in [7, 11) is 1.26. The highest BCUT2D eigenvalue weighted by atomic mass is 32.2. The minimum absolute atomic E-state index is 0.375. The van der Waals surface area contributed by atoms with Gasteiger partial charge in [-0.05, 0) is 24.1 Å². The Morgan fingerprint density at radius 2 is 1.96 bits per heavy atom. The maximum atomic E-state index is 14.1. The van der Waals surface area contributed by atoms with Gasteiger partial charge in [0.05, 0.1) is 0 Å². The number of hydrogen-bond donors (Lipinski definition) is 0. The molecule has 8 heteroatoms. The number of amides is 1. The van der Waals surface area contributed by atoms with Crippen molar-refractivity contribution < 1.29 is 13.7 Å². The fourth-order valence-electron chi connectivity index (χ4n) is 1.97. The highest BCUT2D eigenvalue weighted by molar-refractivity contribution is 7.89. The first kappa shape index (κ1) is 17.2. The molecule has 0 saturated carbocycles. The van der Waals surface area contributed by atoms with E-state index in [1.807, 2.05) is 6.92 Å². The van der Waals surface area contributed by atoms with Gasteiger partial charge in [-0.25, -0.2) is 9.18 Å². The van der Waals surface area contributed by atoms with E-state index in [0.29, 0.717) is 4.90 Å². The number of benzene rings is 1. The van der Waals surface area contributed by atoms with Crippen LogP contribution in [0.1, 0.15) is 19.4 Å². The quantitative estimate of drug-likeness (QED) is 0.781. The first-order chi connectivity index (χ1) is 10.8. The van der Waals surface area contributed by atoms with Crippen molar-refractivity contribution in [2.45, 2.75) is 25.2 Å². The molecule has 0 bridgehead atoms. The molecule has 1 aromatic carbocycles. The molecule has 1 heterocycles. The fraction of sp³-hybridized carbons (Fsp3) is 0.267. The maximum Gasteiger partial charge on any atom is 0.371 e. The van der Waals surface area contributed by atoms with Crippen molar-refractivity contribution in [3.8, 4) is 0 Å². The van der Waals surface area contributed by atoms with Gasteiger partial charge >= 0.3 is 5.69 Å². The van der Waals surface area contributed by atoms with Crippen LogP contribution < -0.4 is 11.2 Å². The Labute approximate surface area is 135 Å². The fourth-order valence-corrected chi connectivity index (χ4v) is 3.01. The lowest BCUT2D eigenvalue weighted by Crippen LogP contribution is -2.42. The highest BCUT2D eigenvalue weighted by Gasteiger charge is 2.20. The second kappa shape index (κ2) is 6.93. The van der Waals surface area contributed by atoms with Gasteiger partial charge in [-0.3, -0.25) is 9.36 Å². The summed E-state index contributed by atoms with van der Waals surface area (Å²) in [4.78, 5) is 27.1. The number of rotatable bonds is 3. The summed E-state index contributed by atoms with van der Waals surface area (Å²) in [6.45, 7) is 3.14. The highest BCUT2D eigenvalue weighted by Crippen LogP contribution is 2.13. The molecular weight excluding hydrogens is 321 g/mol. The molecule has 2 rings (SSSR count). The molecule has 0 spiro atoms. The number of aromatic nitrogens is 2. The summed E-state index contributed by atoms with van der Waals surface area (Å²) in [5.41, 5.74) is -0.0631. The van der Waals surface area contributed by atoms with Crippen molar-refractivity contribution in [3.63, 3.8) is 0 Å². The van der Waals surface area contributed by atoms with Gasteiger partial charge < -0.3 is 4.55 Å². The monoisotopic (exact) mass is 337 g/mol. The molecule has 0 N–H and O–H groups in total. The Bertz CT molecular complexity index is 856. The van der Waals surface area contributed by atoms with E-state index >= 15 is 0 Å². The SMILES string of the molecule is CCc1ccc([S+]([O-])n2cc(F)/c(=N\C(C)=O)n(C)c2=O)cc1. The molecule has 0 aliphatic rings. The smallest absolute Gasteiger partial charge is 0.371 e. The lowest BCUT2D eigenvalue weighted by atomic mass is 10.2. The first-order valence-corrected chi connectivity index (χ1v) is 8.00. The molecule has 0 fully saturated rings. The Hall–Kier alpha value is -2.19. The van der Waals surface area contributed by atoms with Crippen LogP contribution in [0.3, 0.4) is 0 Å². The summed E-state index contributed by atoms with van der Waals surface area (Å²) in [6, 6.07) is 6.86. The zero-order valence-corrected chi connectivity index (χ0v) is 13.8. The van der Waals surface area contributed by atoms with Crippen LogP contribution in [0.25, 0.3) is 0 Å². The van der Waals surface area contributed by atoms with Crippen LogP contribution in [0.2, 0.25) is 0 Å². The molecule has 1 unspecified atom stereocenters. The van der Waals surface area contributed by atoms with Crippen molar-refractivity contribution in [3.05, 3.63) is 57.8 Å². The van der Waals surface area contributed by atoms with Crippen molar-refractivity contribution in [2.75, 3.05) is 0 Å². The molecule has 0 radical (unpaired) electrons. The van der Waals surface area contributed by atoms with E-state index in [1.165, 1.54) is 7.05 Å². The summed E-state index contributed by atoms with van der Waals surface area (Å²) in [5, 5.41) is 0. The normalized spacial score (nSPS) is 13.2. The molecule has 1 amide bonds. The van der Waals surface area contributed by atoms with E-state index in [4.69, 9.17) is 0 Å². The van der Waals surface area contributed by atoms with Gasteiger partial charge in [0.2, 0.25) is 5.91 Å². The third-order valence-electron chi connectivity index (χ3n) is 3.21.